The van der Waals surface area contributed by atoms with Crippen molar-refractivity contribution in [2.45, 2.75) is 6.92 Å². The van der Waals surface area contributed by atoms with Crippen LogP contribution in [-0.4, -0.2) is 22.7 Å². The number of ether oxygens (including phenoxy) is 1. The first-order chi connectivity index (χ1) is 8.95. The topological polar surface area (TPSA) is 62.3 Å². The maximum absolute atomic E-state index is 13.5. The minimum atomic E-state index is -0.744. The van der Waals surface area contributed by atoms with E-state index in [9.17, 15) is 14.3 Å². The number of pyridine rings is 1. The van der Waals surface area contributed by atoms with Crippen molar-refractivity contribution in [1.29, 1.82) is 0 Å². The first-order valence-corrected chi connectivity index (χ1v) is 6.57. The molecule has 0 aliphatic carbocycles. The van der Waals surface area contributed by atoms with Crippen LogP contribution in [0, 0.1) is 10.5 Å². The Balaban J connectivity index is 2.78. The van der Waals surface area contributed by atoms with Crippen molar-refractivity contribution in [3.05, 3.63) is 32.6 Å². The summed E-state index contributed by atoms with van der Waals surface area (Å²) in [5.74, 6) is -1.68. The Morgan fingerprint density at radius 2 is 2.26 bits per heavy atom. The molecule has 0 spiro atoms. The van der Waals surface area contributed by atoms with Gasteiger partial charge in [0.2, 0.25) is 0 Å². The average Bonchev–Trinajstić information content (AvgIpc) is 2.32. The molecule has 0 bridgehead atoms. The molecule has 0 aliphatic rings. The number of benzene rings is 1. The van der Waals surface area contributed by atoms with Crippen molar-refractivity contribution in [3.8, 4) is 5.75 Å². The molecule has 1 aromatic heterocycles. The highest BCUT2D eigenvalue weighted by Crippen LogP contribution is 2.31. The van der Waals surface area contributed by atoms with Gasteiger partial charge in [0.25, 0.3) is 0 Å². The lowest BCUT2D eigenvalue weighted by Crippen LogP contribution is -2.07. The summed E-state index contributed by atoms with van der Waals surface area (Å²) >= 11 is 8.04. The van der Waals surface area contributed by atoms with Gasteiger partial charge in [-0.05, 0) is 35.0 Å². The zero-order valence-electron chi connectivity index (χ0n) is 9.79. The van der Waals surface area contributed by atoms with Crippen LogP contribution in [0.15, 0.2) is 16.6 Å². The summed E-state index contributed by atoms with van der Waals surface area (Å²) in [6, 6.07) is 2.55. The van der Waals surface area contributed by atoms with Crippen molar-refractivity contribution in [1.82, 2.24) is 4.98 Å². The van der Waals surface area contributed by atoms with Gasteiger partial charge in [0.05, 0.1) is 16.6 Å². The smallest absolute Gasteiger partial charge is 0.344 e. The molecule has 2 aromatic rings. The highest BCUT2D eigenvalue weighted by Gasteiger charge is 2.19. The first-order valence-electron chi connectivity index (χ1n) is 5.36. The molecule has 0 fully saturated rings. The molecule has 1 aromatic carbocycles. The lowest BCUT2D eigenvalue weighted by atomic mass is 10.1. The second-order valence-corrected chi connectivity index (χ2v) is 4.97. The van der Waals surface area contributed by atoms with Crippen LogP contribution in [0.2, 0.25) is 0 Å². The molecule has 0 amide bonds. The third-order valence-corrected chi connectivity index (χ3v) is 3.42. The van der Waals surface area contributed by atoms with Crippen LogP contribution in [0.25, 0.3) is 10.9 Å². The monoisotopic (exact) mass is 345 g/mol. The van der Waals surface area contributed by atoms with Crippen LogP contribution < -0.4 is 0 Å². The van der Waals surface area contributed by atoms with Gasteiger partial charge in [0.1, 0.15) is 21.8 Å². The number of carbonyl (C=O) groups excluding carboxylic acids is 1. The van der Waals surface area contributed by atoms with Gasteiger partial charge >= 0.3 is 5.97 Å². The van der Waals surface area contributed by atoms with Crippen molar-refractivity contribution >= 4 is 45.0 Å². The molecule has 0 saturated carbocycles. The highest BCUT2D eigenvalue weighted by molar-refractivity contribution is 9.10. The van der Waals surface area contributed by atoms with Crippen molar-refractivity contribution in [2.24, 2.45) is 0 Å². The third-order valence-electron chi connectivity index (χ3n) is 2.51. The Labute approximate surface area is 121 Å². The van der Waals surface area contributed by atoms with Crippen molar-refractivity contribution in [3.63, 3.8) is 0 Å². The molecule has 0 unspecified atom stereocenters. The predicted molar refractivity (Wildman–Crippen MR) is 74.4 cm³/mol. The van der Waals surface area contributed by atoms with E-state index in [1.165, 1.54) is 6.07 Å². The zero-order chi connectivity index (χ0) is 14.2. The van der Waals surface area contributed by atoms with Gasteiger partial charge in [-0.3, -0.25) is 0 Å². The maximum Gasteiger partial charge on any atom is 0.344 e. The number of H-pyrrole nitrogens is 1. The summed E-state index contributed by atoms with van der Waals surface area (Å²) in [5.41, 5.74) is 0.259. The van der Waals surface area contributed by atoms with E-state index in [1.807, 2.05) is 0 Å². The van der Waals surface area contributed by atoms with Crippen LogP contribution >= 0.6 is 28.1 Å². The second kappa shape index (κ2) is 5.26. The number of hydrogen-bond acceptors (Lipinski definition) is 4. The molecule has 1 heterocycles. The number of halogens is 2. The van der Waals surface area contributed by atoms with Crippen LogP contribution in [0.5, 0.6) is 5.75 Å². The molecular formula is C12H9BrFNO3S. The van der Waals surface area contributed by atoms with Gasteiger partial charge < -0.3 is 14.8 Å². The van der Waals surface area contributed by atoms with Gasteiger partial charge in [-0.25, -0.2) is 9.18 Å². The number of hydrogen-bond donors (Lipinski definition) is 2. The second-order valence-electron chi connectivity index (χ2n) is 3.71. The Morgan fingerprint density at radius 3 is 2.89 bits per heavy atom. The Kier molecular flexibility index (Phi) is 3.86. The quantitative estimate of drug-likeness (QED) is 0.643. The lowest BCUT2D eigenvalue weighted by molar-refractivity contribution is 0.0522. The average molecular weight is 346 g/mol. The molecule has 0 radical (unpaired) electrons. The number of nitrogens with one attached hydrogen (secondary N) is 1. The van der Waals surface area contributed by atoms with Crippen LogP contribution in [0.3, 0.4) is 0 Å². The van der Waals surface area contributed by atoms with E-state index in [2.05, 4.69) is 20.9 Å². The summed E-state index contributed by atoms with van der Waals surface area (Å²) in [6.45, 7) is 1.79. The van der Waals surface area contributed by atoms with Crippen LogP contribution in [-0.2, 0) is 4.74 Å². The predicted octanol–water partition coefficient (Wildman–Crippen LogP) is 3.68. The van der Waals surface area contributed by atoms with Gasteiger partial charge in [-0.2, -0.15) is 0 Å². The van der Waals surface area contributed by atoms with Crippen molar-refractivity contribution in [2.75, 3.05) is 6.61 Å². The van der Waals surface area contributed by atoms with E-state index in [0.29, 0.717) is 5.52 Å². The number of esters is 1. The van der Waals surface area contributed by atoms with E-state index >= 15 is 0 Å². The Morgan fingerprint density at radius 1 is 1.58 bits per heavy atom. The normalized spacial score (nSPS) is 10.7. The number of aromatic hydroxyl groups is 1. The highest BCUT2D eigenvalue weighted by atomic mass is 79.9. The number of aromatic nitrogens is 1. The number of aromatic amines is 1. The maximum atomic E-state index is 13.5. The van der Waals surface area contributed by atoms with E-state index < -0.39 is 11.8 Å². The SMILES string of the molecule is CCOC(=O)c1c(O)c2cc(F)c(Br)cc2[nH]c1=S. The zero-order valence-corrected chi connectivity index (χ0v) is 12.2. The molecule has 4 nitrogen and oxygen atoms in total. The largest absolute Gasteiger partial charge is 0.506 e. The van der Waals surface area contributed by atoms with Crippen molar-refractivity contribution < 1.29 is 19.0 Å². The van der Waals surface area contributed by atoms with Gasteiger partial charge in [0, 0.05) is 5.39 Å². The molecule has 0 atom stereocenters. The Hall–Kier alpha value is -1.47. The summed E-state index contributed by atoms with van der Waals surface area (Å²) in [6.07, 6.45) is 0. The molecular weight excluding hydrogens is 337 g/mol. The fourth-order valence-corrected chi connectivity index (χ4v) is 2.30. The minimum Gasteiger partial charge on any atom is -0.506 e. The van der Waals surface area contributed by atoms with Crippen LogP contribution in [0.4, 0.5) is 4.39 Å². The van der Waals surface area contributed by atoms with E-state index in [4.69, 9.17) is 17.0 Å². The number of carbonyl (C=O) groups is 1. The van der Waals surface area contributed by atoms with Gasteiger partial charge in [-0.1, -0.05) is 12.2 Å². The minimum absolute atomic E-state index is 0.0435. The molecule has 100 valence electrons. The Bertz CT molecular complexity index is 729. The van der Waals surface area contributed by atoms with Crippen LogP contribution in [0.1, 0.15) is 17.3 Å². The van der Waals surface area contributed by atoms with Gasteiger partial charge in [-0.15, -0.1) is 0 Å². The fraction of sp³-hybridized carbons (Fsp3) is 0.167. The van der Waals surface area contributed by atoms with E-state index in [-0.39, 0.29) is 32.4 Å². The standard InChI is InChI=1S/C12H9BrFNO3S/c1-2-18-12(17)9-10(16)5-3-7(14)6(13)4-8(5)15-11(9)19/h3-4H,2H2,1H3,(H2,15,16,19). The summed E-state index contributed by atoms with van der Waals surface area (Å²) in [4.78, 5) is 14.5. The molecule has 2 N–H and O–H groups in total. The summed E-state index contributed by atoms with van der Waals surface area (Å²) in [5, 5.41) is 10.2. The summed E-state index contributed by atoms with van der Waals surface area (Å²) < 4.78 is 18.6. The number of fused-ring (bicyclic) bond motifs is 1. The van der Waals surface area contributed by atoms with E-state index in [1.54, 1.807) is 6.92 Å². The summed E-state index contributed by atoms with van der Waals surface area (Å²) in [7, 11) is 0. The molecule has 0 saturated heterocycles. The molecule has 7 heteroatoms. The molecule has 0 aliphatic heterocycles. The number of rotatable bonds is 2. The fourth-order valence-electron chi connectivity index (χ4n) is 1.67. The van der Waals surface area contributed by atoms with Gasteiger partial charge in [0.15, 0.2) is 0 Å². The molecule has 19 heavy (non-hydrogen) atoms. The first kappa shape index (κ1) is 14.0. The molecule has 2 rings (SSSR count). The lowest BCUT2D eigenvalue weighted by Gasteiger charge is -2.08. The van der Waals surface area contributed by atoms with E-state index in [0.717, 1.165) is 6.07 Å². The third kappa shape index (κ3) is 2.48.